The zero-order valence-electron chi connectivity index (χ0n) is 11.8. The van der Waals surface area contributed by atoms with E-state index in [1.807, 2.05) is 30.3 Å². The maximum atomic E-state index is 9.06. The van der Waals surface area contributed by atoms with E-state index in [-0.39, 0.29) is 0 Å². The molecule has 3 aromatic rings. The number of nitrogens with zero attached hydrogens (tertiary/aromatic N) is 3. The van der Waals surface area contributed by atoms with Crippen molar-refractivity contribution in [3.63, 3.8) is 0 Å². The molecule has 0 saturated heterocycles. The molecule has 2 aromatic heterocycles. The highest BCUT2D eigenvalue weighted by Gasteiger charge is 2.07. The van der Waals surface area contributed by atoms with Gasteiger partial charge in [0.05, 0.1) is 25.7 Å². The Morgan fingerprint density at radius 2 is 1.77 bits per heavy atom. The van der Waals surface area contributed by atoms with Crippen LogP contribution in [-0.4, -0.2) is 9.97 Å². The fourth-order valence-corrected chi connectivity index (χ4v) is 2.05. The summed E-state index contributed by atoms with van der Waals surface area (Å²) in [5.74, 6) is 0. The Kier molecular flexibility index (Phi) is 4.23. The maximum absolute atomic E-state index is 9.06. The van der Waals surface area contributed by atoms with Crippen LogP contribution in [0.4, 0.5) is 0 Å². The maximum Gasteiger partial charge on any atom is 0.166 e. The molecule has 2 heterocycles. The summed E-state index contributed by atoms with van der Waals surface area (Å²) in [5.41, 5.74) is 3.84. The number of hydrogen-bond donors (Lipinski definition) is 0. The average Bonchev–Trinajstić information content (AvgIpc) is 3.09. The van der Waals surface area contributed by atoms with Crippen LogP contribution in [0.5, 0.6) is 0 Å². The van der Waals surface area contributed by atoms with Crippen molar-refractivity contribution in [2.75, 3.05) is 0 Å². The highest BCUT2D eigenvalue weighted by atomic mass is 16.5. The van der Waals surface area contributed by atoms with Crippen LogP contribution in [0, 0.1) is 11.3 Å². The molecule has 0 bridgehead atoms. The monoisotopic (exact) mass is 291 g/mol. The molecule has 0 unspecified atom stereocenters. The van der Waals surface area contributed by atoms with Crippen LogP contribution < -0.4 is 0 Å². The van der Waals surface area contributed by atoms with E-state index < -0.39 is 0 Å². The Hall–Kier alpha value is -2.97. The molecular formula is C17H13N3O2. The van der Waals surface area contributed by atoms with Crippen LogP contribution >= 0.6 is 0 Å². The predicted octanol–water partition coefficient (Wildman–Crippen LogP) is 3.33. The zero-order valence-corrected chi connectivity index (χ0v) is 11.8. The topological polar surface area (TPSA) is 71.9 Å². The van der Waals surface area contributed by atoms with Crippen molar-refractivity contribution in [1.82, 2.24) is 9.97 Å². The Morgan fingerprint density at radius 1 is 1.00 bits per heavy atom. The van der Waals surface area contributed by atoms with Gasteiger partial charge in [-0.3, -0.25) is 4.98 Å². The van der Waals surface area contributed by atoms with Crippen molar-refractivity contribution < 1.29 is 9.15 Å². The number of aromatic nitrogens is 2. The molecule has 0 N–H and O–H groups in total. The van der Waals surface area contributed by atoms with Gasteiger partial charge in [-0.25, -0.2) is 4.98 Å². The van der Waals surface area contributed by atoms with Crippen LogP contribution in [0.15, 0.2) is 59.7 Å². The fraction of sp³-hybridized carbons (Fsp3) is 0.118. The van der Waals surface area contributed by atoms with Gasteiger partial charge in [0.1, 0.15) is 11.8 Å². The predicted molar refractivity (Wildman–Crippen MR) is 79.4 cm³/mol. The second-order valence-corrected chi connectivity index (χ2v) is 4.69. The SMILES string of the molecule is N#Cc1nccnc1-c1ccc(COCc2ccoc2)cc1. The number of ether oxygens (including phenoxy) is 1. The first kappa shape index (κ1) is 14.0. The van der Waals surface area contributed by atoms with Gasteiger partial charge >= 0.3 is 0 Å². The lowest BCUT2D eigenvalue weighted by molar-refractivity contribution is 0.107. The van der Waals surface area contributed by atoms with Crippen molar-refractivity contribution in [2.45, 2.75) is 13.2 Å². The van der Waals surface area contributed by atoms with Crippen LogP contribution in [0.1, 0.15) is 16.8 Å². The third kappa shape index (κ3) is 3.19. The van der Waals surface area contributed by atoms with Crippen LogP contribution in [-0.2, 0) is 18.0 Å². The summed E-state index contributed by atoms with van der Waals surface area (Å²) >= 11 is 0. The lowest BCUT2D eigenvalue weighted by atomic mass is 10.1. The number of benzene rings is 1. The molecule has 22 heavy (non-hydrogen) atoms. The van der Waals surface area contributed by atoms with Crippen molar-refractivity contribution >= 4 is 0 Å². The van der Waals surface area contributed by atoms with Crippen molar-refractivity contribution in [3.05, 3.63) is 72.1 Å². The largest absolute Gasteiger partial charge is 0.472 e. The van der Waals surface area contributed by atoms with Crippen LogP contribution in [0.2, 0.25) is 0 Å². The average molecular weight is 291 g/mol. The van der Waals surface area contributed by atoms with Crippen molar-refractivity contribution in [2.24, 2.45) is 0 Å². The third-order valence-electron chi connectivity index (χ3n) is 3.15. The Morgan fingerprint density at radius 3 is 2.50 bits per heavy atom. The number of rotatable bonds is 5. The van der Waals surface area contributed by atoms with Gasteiger partial charge in [0.25, 0.3) is 0 Å². The van der Waals surface area contributed by atoms with Crippen LogP contribution in [0.25, 0.3) is 11.3 Å². The minimum absolute atomic E-state index is 0.325. The molecule has 3 rings (SSSR count). The number of hydrogen-bond acceptors (Lipinski definition) is 5. The molecule has 0 aliphatic rings. The molecular weight excluding hydrogens is 278 g/mol. The van der Waals surface area contributed by atoms with Gasteiger partial charge in [-0.05, 0) is 11.6 Å². The first-order valence-corrected chi connectivity index (χ1v) is 6.76. The third-order valence-corrected chi connectivity index (χ3v) is 3.15. The highest BCUT2D eigenvalue weighted by Crippen LogP contribution is 2.20. The fourth-order valence-electron chi connectivity index (χ4n) is 2.05. The van der Waals surface area contributed by atoms with Gasteiger partial charge in [0, 0.05) is 23.5 Å². The van der Waals surface area contributed by atoms with Crippen LogP contribution in [0.3, 0.4) is 0 Å². The molecule has 0 aliphatic carbocycles. The van der Waals surface area contributed by atoms with Gasteiger partial charge in [-0.15, -0.1) is 0 Å². The highest BCUT2D eigenvalue weighted by molar-refractivity contribution is 5.64. The normalized spacial score (nSPS) is 10.3. The van der Waals surface area contributed by atoms with Gasteiger partial charge < -0.3 is 9.15 Å². The molecule has 5 heteroatoms. The number of nitriles is 1. The van der Waals surface area contributed by atoms with Gasteiger partial charge in [0.2, 0.25) is 0 Å². The lowest BCUT2D eigenvalue weighted by Crippen LogP contribution is -1.95. The van der Waals surface area contributed by atoms with E-state index in [0.717, 1.165) is 16.7 Å². The molecule has 108 valence electrons. The molecule has 0 aliphatic heterocycles. The molecule has 0 atom stereocenters. The summed E-state index contributed by atoms with van der Waals surface area (Å²) in [7, 11) is 0. The van der Waals surface area contributed by atoms with E-state index in [9.17, 15) is 0 Å². The van der Waals surface area contributed by atoms with Gasteiger partial charge in [0.15, 0.2) is 5.69 Å². The Labute approximate surface area is 127 Å². The molecule has 0 saturated carbocycles. The molecule has 0 fully saturated rings. The van der Waals surface area contributed by atoms with E-state index in [1.54, 1.807) is 18.7 Å². The minimum atomic E-state index is 0.325. The van der Waals surface area contributed by atoms with E-state index in [0.29, 0.717) is 24.6 Å². The second kappa shape index (κ2) is 6.66. The summed E-state index contributed by atoms with van der Waals surface area (Å²) < 4.78 is 10.6. The van der Waals surface area contributed by atoms with E-state index in [2.05, 4.69) is 16.0 Å². The molecule has 0 radical (unpaired) electrons. The smallest absolute Gasteiger partial charge is 0.166 e. The summed E-state index contributed by atoms with van der Waals surface area (Å²) in [5, 5.41) is 9.06. The van der Waals surface area contributed by atoms with E-state index >= 15 is 0 Å². The molecule has 1 aromatic carbocycles. The quantitative estimate of drug-likeness (QED) is 0.721. The summed E-state index contributed by atoms with van der Waals surface area (Å²) in [6.07, 6.45) is 6.39. The first-order valence-electron chi connectivity index (χ1n) is 6.76. The van der Waals surface area contributed by atoms with E-state index in [1.165, 1.54) is 6.20 Å². The second-order valence-electron chi connectivity index (χ2n) is 4.69. The first-order chi connectivity index (χ1) is 10.9. The Bertz CT molecular complexity index is 774. The standard InChI is InChI=1S/C17H13N3O2/c18-9-16-17(20-7-6-19-16)15-3-1-13(2-4-15)10-22-12-14-5-8-21-11-14/h1-8,11H,10,12H2. The molecule has 0 amide bonds. The Balaban J connectivity index is 1.66. The van der Waals surface area contributed by atoms with Crippen molar-refractivity contribution in [3.8, 4) is 17.3 Å². The zero-order chi connectivity index (χ0) is 15.2. The molecule has 0 spiro atoms. The van der Waals surface area contributed by atoms with Crippen molar-refractivity contribution in [1.29, 1.82) is 5.26 Å². The molecule has 5 nitrogen and oxygen atoms in total. The summed E-state index contributed by atoms with van der Waals surface area (Å²) in [6.45, 7) is 1.03. The van der Waals surface area contributed by atoms with E-state index in [4.69, 9.17) is 14.4 Å². The lowest BCUT2D eigenvalue weighted by Gasteiger charge is -2.05. The summed E-state index contributed by atoms with van der Waals surface area (Å²) in [4.78, 5) is 8.24. The van der Waals surface area contributed by atoms with Gasteiger partial charge in [-0.1, -0.05) is 24.3 Å². The summed E-state index contributed by atoms with van der Waals surface area (Å²) in [6, 6.07) is 11.7. The van der Waals surface area contributed by atoms with Gasteiger partial charge in [-0.2, -0.15) is 5.26 Å². The number of furan rings is 1. The minimum Gasteiger partial charge on any atom is -0.472 e.